The minimum absolute atomic E-state index is 0.0852. The number of carbonyl (C=O) groups is 1. The first kappa shape index (κ1) is 19.7. The van der Waals surface area contributed by atoms with E-state index in [1.54, 1.807) is 43.3 Å². The van der Waals surface area contributed by atoms with Crippen molar-refractivity contribution >= 4 is 21.4 Å². The zero-order valence-electron chi connectivity index (χ0n) is 15.2. The number of amides is 1. The summed E-state index contributed by atoms with van der Waals surface area (Å²) in [6.07, 6.45) is 2.04. The van der Waals surface area contributed by atoms with Gasteiger partial charge in [-0.15, -0.1) is 0 Å². The van der Waals surface area contributed by atoms with Crippen molar-refractivity contribution in [2.75, 3.05) is 11.1 Å². The second kappa shape index (κ2) is 8.31. The van der Waals surface area contributed by atoms with E-state index in [1.165, 1.54) is 30.5 Å². The molecule has 3 aromatic rings. The molecule has 0 aliphatic rings. The molecule has 0 saturated carbocycles. The molecule has 0 saturated heterocycles. The predicted octanol–water partition coefficient (Wildman–Crippen LogP) is 4.32. The molecule has 2 aromatic carbocycles. The Morgan fingerprint density at radius 2 is 1.71 bits per heavy atom. The summed E-state index contributed by atoms with van der Waals surface area (Å²) in [4.78, 5) is 16.6. The standard InChI is InChI=1S/C21H19FN2O3S/c1-2-14-28(26,27)18-11-9-17(10-12-18)24-21(25)16-7-5-15(6-8-16)20-19(22)4-3-13-23-20/h3-13H,2,14H2,1H3,(H,24,25). The lowest BCUT2D eigenvalue weighted by molar-refractivity contribution is 0.102. The summed E-state index contributed by atoms with van der Waals surface area (Å²) < 4.78 is 37.9. The van der Waals surface area contributed by atoms with E-state index < -0.39 is 15.7 Å². The maximum atomic E-state index is 13.8. The van der Waals surface area contributed by atoms with Gasteiger partial charge in [0.2, 0.25) is 0 Å². The van der Waals surface area contributed by atoms with E-state index in [1.807, 2.05) is 0 Å². The molecular formula is C21H19FN2O3S. The number of anilines is 1. The fraction of sp³-hybridized carbons (Fsp3) is 0.143. The molecule has 0 atom stereocenters. The number of rotatable bonds is 6. The van der Waals surface area contributed by atoms with Gasteiger partial charge in [-0.3, -0.25) is 9.78 Å². The third-order valence-electron chi connectivity index (χ3n) is 4.12. The van der Waals surface area contributed by atoms with E-state index in [-0.39, 0.29) is 22.2 Å². The number of pyridine rings is 1. The molecule has 0 radical (unpaired) electrons. The minimum Gasteiger partial charge on any atom is -0.322 e. The molecule has 0 unspecified atom stereocenters. The Labute approximate surface area is 163 Å². The van der Waals surface area contributed by atoms with E-state index in [2.05, 4.69) is 10.3 Å². The summed E-state index contributed by atoms with van der Waals surface area (Å²) in [7, 11) is -3.29. The van der Waals surface area contributed by atoms with Crippen molar-refractivity contribution in [1.29, 1.82) is 0 Å². The molecule has 0 aliphatic carbocycles. The first-order valence-corrected chi connectivity index (χ1v) is 10.4. The van der Waals surface area contributed by atoms with Gasteiger partial charge in [-0.25, -0.2) is 12.8 Å². The highest BCUT2D eigenvalue weighted by Gasteiger charge is 2.13. The van der Waals surface area contributed by atoms with Gasteiger partial charge in [0, 0.05) is 23.0 Å². The number of halogens is 1. The lowest BCUT2D eigenvalue weighted by Crippen LogP contribution is -2.12. The molecule has 5 nitrogen and oxygen atoms in total. The molecule has 144 valence electrons. The Morgan fingerprint density at radius 3 is 2.32 bits per heavy atom. The summed E-state index contributed by atoms with van der Waals surface area (Å²) in [5.41, 5.74) is 1.67. The largest absolute Gasteiger partial charge is 0.322 e. The topological polar surface area (TPSA) is 76.1 Å². The van der Waals surface area contributed by atoms with Crippen LogP contribution >= 0.6 is 0 Å². The summed E-state index contributed by atoms with van der Waals surface area (Å²) in [5.74, 6) is -0.697. The molecule has 0 spiro atoms. The zero-order valence-corrected chi connectivity index (χ0v) is 16.0. The van der Waals surface area contributed by atoms with Crippen molar-refractivity contribution in [2.45, 2.75) is 18.2 Å². The summed E-state index contributed by atoms with van der Waals surface area (Å²) >= 11 is 0. The van der Waals surface area contributed by atoms with Crippen LogP contribution in [0.2, 0.25) is 0 Å². The van der Waals surface area contributed by atoms with Crippen molar-refractivity contribution in [2.24, 2.45) is 0 Å². The van der Waals surface area contributed by atoms with Crippen LogP contribution in [-0.4, -0.2) is 25.1 Å². The van der Waals surface area contributed by atoms with Gasteiger partial charge in [-0.05, 0) is 55.0 Å². The fourth-order valence-corrected chi connectivity index (χ4v) is 4.04. The molecule has 0 aliphatic heterocycles. The smallest absolute Gasteiger partial charge is 0.255 e. The van der Waals surface area contributed by atoms with Gasteiger partial charge in [-0.2, -0.15) is 0 Å². The van der Waals surface area contributed by atoms with Crippen LogP contribution in [0.1, 0.15) is 23.7 Å². The summed E-state index contributed by atoms with van der Waals surface area (Å²) in [5, 5.41) is 2.72. The average molecular weight is 398 g/mol. The van der Waals surface area contributed by atoms with Crippen LogP contribution in [0.4, 0.5) is 10.1 Å². The van der Waals surface area contributed by atoms with Gasteiger partial charge in [-0.1, -0.05) is 19.1 Å². The van der Waals surface area contributed by atoms with Crippen molar-refractivity contribution in [3.8, 4) is 11.3 Å². The molecule has 1 N–H and O–H groups in total. The van der Waals surface area contributed by atoms with Gasteiger partial charge in [0.15, 0.2) is 9.84 Å². The van der Waals surface area contributed by atoms with Gasteiger partial charge in [0.05, 0.1) is 10.6 Å². The molecule has 1 amide bonds. The van der Waals surface area contributed by atoms with Gasteiger partial charge < -0.3 is 5.32 Å². The Morgan fingerprint density at radius 1 is 1.04 bits per heavy atom. The number of sulfone groups is 1. The molecule has 3 rings (SSSR count). The lowest BCUT2D eigenvalue weighted by atomic mass is 10.1. The summed E-state index contributed by atoms with van der Waals surface area (Å²) in [6.45, 7) is 1.81. The molecule has 0 fully saturated rings. The van der Waals surface area contributed by atoms with Crippen LogP contribution in [0, 0.1) is 5.82 Å². The van der Waals surface area contributed by atoms with E-state index in [4.69, 9.17) is 0 Å². The second-order valence-corrected chi connectivity index (χ2v) is 8.32. The Kier molecular flexibility index (Phi) is 5.84. The Hall–Kier alpha value is -3.06. The zero-order chi connectivity index (χ0) is 20.1. The highest BCUT2D eigenvalue weighted by Crippen LogP contribution is 2.21. The lowest BCUT2D eigenvalue weighted by Gasteiger charge is -2.08. The average Bonchev–Trinajstić information content (AvgIpc) is 2.69. The molecular weight excluding hydrogens is 379 g/mol. The number of hydrogen-bond donors (Lipinski definition) is 1. The highest BCUT2D eigenvalue weighted by atomic mass is 32.2. The molecule has 1 aromatic heterocycles. The van der Waals surface area contributed by atoms with Crippen molar-refractivity contribution in [3.05, 3.63) is 78.2 Å². The monoisotopic (exact) mass is 398 g/mol. The number of aromatic nitrogens is 1. The molecule has 1 heterocycles. The number of carbonyl (C=O) groups excluding carboxylic acids is 1. The van der Waals surface area contributed by atoms with Crippen LogP contribution < -0.4 is 5.32 Å². The second-order valence-electron chi connectivity index (χ2n) is 6.21. The van der Waals surface area contributed by atoms with Crippen molar-refractivity contribution < 1.29 is 17.6 Å². The maximum absolute atomic E-state index is 13.8. The number of hydrogen-bond acceptors (Lipinski definition) is 4. The van der Waals surface area contributed by atoms with E-state index in [0.717, 1.165) is 0 Å². The maximum Gasteiger partial charge on any atom is 0.255 e. The number of nitrogens with zero attached hydrogens (tertiary/aromatic N) is 1. The third-order valence-corrected chi connectivity index (χ3v) is 6.06. The number of benzene rings is 2. The third kappa shape index (κ3) is 4.43. The quantitative estimate of drug-likeness (QED) is 0.671. The van der Waals surface area contributed by atoms with Crippen LogP contribution in [0.15, 0.2) is 71.8 Å². The van der Waals surface area contributed by atoms with Gasteiger partial charge in [0.1, 0.15) is 11.5 Å². The summed E-state index contributed by atoms with van der Waals surface area (Å²) in [6, 6.07) is 15.3. The minimum atomic E-state index is -3.29. The van der Waals surface area contributed by atoms with Crippen LogP contribution in [-0.2, 0) is 9.84 Å². The van der Waals surface area contributed by atoms with Crippen LogP contribution in [0.5, 0.6) is 0 Å². The van der Waals surface area contributed by atoms with Crippen molar-refractivity contribution in [1.82, 2.24) is 4.98 Å². The molecule has 7 heteroatoms. The normalized spacial score (nSPS) is 11.2. The molecule has 28 heavy (non-hydrogen) atoms. The van der Waals surface area contributed by atoms with Crippen LogP contribution in [0.25, 0.3) is 11.3 Å². The van der Waals surface area contributed by atoms with E-state index in [0.29, 0.717) is 23.2 Å². The Bertz CT molecular complexity index is 1080. The first-order chi connectivity index (χ1) is 13.4. The first-order valence-electron chi connectivity index (χ1n) is 8.76. The SMILES string of the molecule is CCCS(=O)(=O)c1ccc(NC(=O)c2ccc(-c3ncccc3F)cc2)cc1. The molecule has 0 bridgehead atoms. The van der Waals surface area contributed by atoms with E-state index >= 15 is 0 Å². The number of nitrogens with one attached hydrogen (secondary N) is 1. The van der Waals surface area contributed by atoms with Gasteiger partial charge in [0.25, 0.3) is 5.91 Å². The van der Waals surface area contributed by atoms with Crippen molar-refractivity contribution in [3.63, 3.8) is 0 Å². The fourth-order valence-electron chi connectivity index (χ4n) is 2.71. The van der Waals surface area contributed by atoms with Crippen LogP contribution in [0.3, 0.4) is 0 Å². The highest BCUT2D eigenvalue weighted by molar-refractivity contribution is 7.91. The van der Waals surface area contributed by atoms with E-state index in [9.17, 15) is 17.6 Å². The van der Waals surface area contributed by atoms with Gasteiger partial charge >= 0.3 is 0 Å². The Balaban J connectivity index is 1.72. The predicted molar refractivity (Wildman–Crippen MR) is 106 cm³/mol.